The summed E-state index contributed by atoms with van der Waals surface area (Å²) in [4.78, 5) is 22.7. The van der Waals surface area contributed by atoms with Crippen LogP contribution in [-0.4, -0.2) is 61.3 Å². The maximum absolute atomic E-state index is 13.5. The number of hydrogen-bond donors (Lipinski definition) is 2. The molecule has 13 heteroatoms. The number of nitrogens with zero attached hydrogens (tertiary/aromatic N) is 4. The van der Waals surface area contributed by atoms with Gasteiger partial charge < -0.3 is 20.6 Å². The zero-order valence-electron chi connectivity index (χ0n) is 18.9. The first-order valence-corrected chi connectivity index (χ1v) is 12.3. The SMILES string of the molecule is CC(C)[C@@H]1CN(c2ccc(CO)c(S(C)(=O)=O)c2)CCN1c1ncc(C(N)=O)c(C(F)(F)F)n1. The quantitative estimate of drug-likeness (QED) is 0.614. The number of amides is 1. The van der Waals surface area contributed by atoms with E-state index in [-0.39, 0.29) is 34.9 Å². The number of piperazine rings is 1. The van der Waals surface area contributed by atoms with Crippen molar-refractivity contribution in [2.24, 2.45) is 11.7 Å². The molecular weight excluding hydrogens is 475 g/mol. The summed E-state index contributed by atoms with van der Waals surface area (Å²) in [6.07, 6.45) is -3.03. The van der Waals surface area contributed by atoms with E-state index in [1.165, 1.54) is 6.07 Å². The van der Waals surface area contributed by atoms with Crippen LogP contribution in [-0.2, 0) is 22.6 Å². The molecule has 3 N–H and O–H groups in total. The van der Waals surface area contributed by atoms with Crippen LogP contribution < -0.4 is 15.5 Å². The molecule has 0 saturated carbocycles. The van der Waals surface area contributed by atoms with E-state index in [9.17, 15) is 31.5 Å². The van der Waals surface area contributed by atoms with E-state index in [0.717, 1.165) is 12.5 Å². The number of aliphatic hydroxyl groups is 1. The highest BCUT2D eigenvalue weighted by atomic mass is 32.2. The van der Waals surface area contributed by atoms with E-state index >= 15 is 0 Å². The minimum Gasteiger partial charge on any atom is -0.392 e. The summed E-state index contributed by atoms with van der Waals surface area (Å²) in [5.74, 6) is -1.46. The smallest absolute Gasteiger partial charge is 0.392 e. The number of aliphatic hydroxyl groups excluding tert-OH is 1. The van der Waals surface area contributed by atoms with Gasteiger partial charge in [-0.05, 0) is 23.6 Å². The minimum absolute atomic E-state index is 0.0243. The fourth-order valence-corrected chi connectivity index (χ4v) is 4.93. The van der Waals surface area contributed by atoms with E-state index < -0.39 is 39.8 Å². The topological polar surface area (TPSA) is 130 Å². The summed E-state index contributed by atoms with van der Waals surface area (Å²) >= 11 is 0. The van der Waals surface area contributed by atoms with Crippen LogP contribution in [0.1, 0.15) is 35.5 Å². The highest BCUT2D eigenvalue weighted by Crippen LogP contribution is 2.33. The number of aromatic nitrogens is 2. The molecule has 1 fully saturated rings. The van der Waals surface area contributed by atoms with Crippen LogP contribution in [0, 0.1) is 5.92 Å². The van der Waals surface area contributed by atoms with Gasteiger partial charge in [-0.15, -0.1) is 0 Å². The maximum atomic E-state index is 13.5. The van der Waals surface area contributed by atoms with Crippen molar-refractivity contribution in [2.75, 3.05) is 35.7 Å². The molecule has 1 aromatic heterocycles. The normalized spacial score (nSPS) is 17.4. The van der Waals surface area contributed by atoms with Gasteiger partial charge in [0.15, 0.2) is 15.5 Å². The Morgan fingerprint density at radius 2 is 1.97 bits per heavy atom. The monoisotopic (exact) mass is 501 g/mol. The molecule has 1 atom stereocenters. The Morgan fingerprint density at radius 3 is 2.50 bits per heavy atom. The van der Waals surface area contributed by atoms with Crippen molar-refractivity contribution >= 4 is 27.4 Å². The highest BCUT2D eigenvalue weighted by Gasteiger charge is 2.39. The predicted molar refractivity (Wildman–Crippen MR) is 119 cm³/mol. The van der Waals surface area contributed by atoms with Crippen molar-refractivity contribution in [3.8, 4) is 0 Å². The third-order valence-electron chi connectivity index (χ3n) is 5.74. The summed E-state index contributed by atoms with van der Waals surface area (Å²) in [7, 11) is -3.58. The molecule has 0 aliphatic carbocycles. The second-order valence-electron chi connectivity index (χ2n) is 8.47. The Hall–Kier alpha value is -2.93. The van der Waals surface area contributed by atoms with Gasteiger partial charge in [-0.25, -0.2) is 18.4 Å². The van der Waals surface area contributed by atoms with Gasteiger partial charge in [-0.2, -0.15) is 13.2 Å². The molecular formula is C21H26F3N5O4S. The van der Waals surface area contributed by atoms with Crippen molar-refractivity contribution in [1.29, 1.82) is 0 Å². The van der Waals surface area contributed by atoms with E-state index in [4.69, 9.17) is 5.73 Å². The molecule has 2 aromatic rings. The Balaban J connectivity index is 1.96. The molecule has 0 spiro atoms. The zero-order valence-corrected chi connectivity index (χ0v) is 19.7. The number of carbonyl (C=O) groups is 1. The van der Waals surface area contributed by atoms with E-state index in [1.54, 1.807) is 17.0 Å². The average molecular weight is 502 g/mol. The number of sulfone groups is 1. The van der Waals surface area contributed by atoms with E-state index in [0.29, 0.717) is 18.8 Å². The summed E-state index contributed by atoms with van der Waals surface area (Å²) in [6.45, 7) is 4.35. The Morgan fingerprint density at radius 1 is 1.29 bits per heavy atom. The Labute approximate surface area is 195 Å². The van der Waals surface area contributed by atoms with Gasteiger partial charge >= 0.3 is 6.18 Å². The molecule has 186 valence electrons. The Kier molecular flexibility index (Phi) is 7.08. The number of nitrogens with two attached hydrogens (primary N) is 1. The molecule has 34 heavy (non-hydrogen) atoms. The molecule has 9 nitrogen and oxygen atoms in total. The van der Waals surface area contributed by atoms with Crippen LogP contribution in [0.5, 0.6) is 0 Å². The number of primary amides is 1. The van der Waals surface area contributed by atoms with Crippen LogP contribution >= 0.6 is 0 Å². The van der Waals surface area contributed by atoms with Crippen LogP contribution in [0.2, 0.25) is 0 Å². The molecule has 2 heterocycles. The second kappa shape index (κ2) is 9.37. The van der Waals surface area contributed by atoms with Crippen molar-refractivity contribution in [1.82, 2.24) is 9.97 Å². The lowest BCUT2D eigenvalue weighted by molar-refractivity contribution is -0.141. The minimum atomic E-state index is -4.88. The second-order valence-corrected chi connectivity index (χ2v) is 10.5. The number of rotatable bonds is 6. The molecule has 3 rings (SSSR count). The standard InChI is InChI=1S/C21H26F3N5O4S/c1-12(2)16-10-28(14-5-4-13(11-30)17(8-14)34(3,32)33)6-7-29(16)20-26-9-15(19(25)31)18(27-20)21(22,23)24/h4-5,8-9,12,16,30H,6-7,10-11H2,1-3H3,(H2,25,31)/t16-/m0/s1. The van der Waals surface area contributed by atoms with Gasteiger partial charge in [0.2, 0.25) is 5.95 Å². The molecule has 1 amide bonds. The van der Waals surface area contributed by atoms with Gasteiger partial charge in [0.25, 0.3) is 5.91 Å². The molecule has 1 aliphatic heterocycles. The van der Waals surface area contributed by atoms with Gasteiger partial charge in [-0.1, -0.05) is 19.9 Å². The molecule has 0 unspecified atom stereocenters. The van der Waals surface area contributed by atoms with Crippen LogP contribution in [0.4, 0.5) is 24.8 Å². The summed E-state index contributed by atoms with van der Waals surface area (Å²) < 4.78 is 64.8. The highest BCUT2D eigenvalue weighted by molar-refractivity contribution is 7.90. The summed E-state index contributed by atoms with van der Waals surface area (Å²) in [5, 5.41) is 9.48. The number of halogens is 3. The Bertz CT molecular complexity index is 1190. The molecule has 1 saturated heterocycles. The lowest BCUT2D eigenvalue weighted by Crippen LogP contribution is -2.56. The lowest BCUT2D eigenvalue weighted by atomic mass is 9.99. The number of benzene rings is 1. The zero-order chi connectivity index (χ0) is 25.4. The van der Waals surface area contributed by atoms with Crippen molar-refractivity contribution < 1.29 is 31.5 Å². The predicted octanol–water partition coefficient (Wildman–Crippen LogP) is 1.84. The van der Waals surface area contributed by atoms with Gasteiger partial charge in [-0.3, -0.25) is 4.79 Å². The molecule has 1 aliphatic rings. The first kappa shape index (κ1) is 25.7. The largest absolute Gasteiger partial charge is 0.434 e. The van der Waals surface area contributed by atoms with Crippen molar-refractivity contribution in [3.63, 3.8) is 0 Å². The molecule has 0 radical (unpaired) electrons. The number of hydrogen-bond acceptors (Lipinski definition) is 8. The van der Waals surface area contributed by atoms with Gasteiger partial charge in [0.05, 0.1) is 23.1 Å². The maximum Gasteiger partial charge on any atom is 0.434 e. The summed E-state index contributed by atoms with van der Waals surface area (Å²) in [6, 6.07) is 4.43. The number of carbonyl (C=O) groups excluding carboxylic acids is 1. The van der Waals surface area contributed by atoms with Gasteiger partial charge in [0.1, 0.15) is 0 Å². The van der Waals surface area contributed by atoms with Crippen molar-refractivity contribution in [3.05, 3.63) is 41.2 Å². The lowest BCUT2D eigenvalue weighted by Gasteiger charge is -2.44. The van der Waals surface area contributed by atoms with E-state index in [1.807, 2.05) is 18.7 Å². The molecule has 0 bridgehead atoms. The van der Waals surface area contributed by atoms with E-state index in [2.05, 4.69) is 9.97 Å². The van der Waals surface area contributed by atoms with Crippen LogP contribution in [0.3, 0.4) is 0 Å². The first-order valence-electron chi connectivity index (χ1n) is 10.4. The fourth-order valence-electron chi connectivity index (χ4n) is 3.99. The number of alkyl halides is 3. The molecule has 1 aromatic carbocycles. The third-order valence-corrected chi connectivity index (χ3v) is 6.92. The van der Waals surface area contributed by atoms with Gasteiger partial charge in [0, 0.05) is 37.8 Å². The van der Waals surface area contributed by atoms with Crippen LogP contribution in [0.25, 0.3) is 0 Å². The first-order chi connectivity index (χ1) is 15.7. The summed E-state index contributed by atoms with van der Waals surface area (Å²) in [5.41, 5.74) is 3.78. The van der Waals surface area contributed by atoms with Crippen molar-refractivity contribution in [2.45, 2.75) is 37.6 Å². The number of anilines is 2. The average Bonchev–Trinajstić information content (AvgIpc) is 2.76. The third kappa shape index (κ3) is 5.25. The fraction of sp³-hybridized carbons (Fsp3) is 0.476. The van der Waals surface area contributed by atoms with Crippen LogP contribution in [0.15, 0.2) is 29.3 Å².